The Morgan fingerprint density at radius 2 is 0.964 bits per heavy atom. The summed E-state index contributed by atoms with van der Waals surface area (Å²) in [6.45, 7) is 4.60. The predicted octanol–water partition coefficient (Wildman–Crippen LogP) is 13.0. The van der Waals surface area contributed by atoms with Gasteiger partial charge in [0.15, 0.2) is 23.1 Å². The van der Waals surface area contributed by atoms with E-state index in [0.717, 1.165) is 71.9 Å². The van der Waals surface area contributed by atoms with Crippen LogP contribution in [0.4, 0.5) is 0 Å². The van der Waals surface area contributed by atoms with Crippen LogP contribution in [0.5, 0.6) is 0 Å². The van der Waals surface area contributed by atoms with Crippen LogP contribution < -0.4 is 0 Å². The summed E-state index contributed by atoms with van der Waals surface area (Å²) in [5, 5.41) is 3.08. The molecular formula is C51H34N4O. The minimum absolute atomic E-state index is 0.148. The van der Waals surface area contributed by atoms with Gasteiger partial charge in [0.05, 0.1) is 5.69 Å². The maximum absolute atomic E-state index is 6.33. The van der Waals surface area contributed by atoms with Gasteiger partial charge < -0.3 is 4.42 Å². The highest BCUT2D eigenvalue weighted by Crippen LogP contribution is 2.49. The number of pyridine rings is 1. The lowest BCUT2D eigenvalue weighted by atomic mass is 9.82. The van der Waals surface area contributed by atoms with E-state index in [4.69, 9.17) is 24.4 Å². The lowest BCUT2D eigenvalue weighted by Gasteiger charge is -2.21. The fourth-order valence-electron chi connectivity index (χ4n) is 8.46. The van der Waals surface area contributed by atoms with Crippen molar-refractivity contribution in [1.29, 1.82) is 0 Å². The number of benzene rings is 7. The zero-order valence-corrected chi connectivity index (χ0v) is 30.9. The Labute approximate surface area is 324 Å². The highest BCUT2D eigenvalue weighted by molar-refractivity contribution is 6.16. The first-order valence-electron chi connectivity index (χ1n) is 19.0. The fourth-order valence-corrected chi connectivity index (χ4v) is 8.46. The van der Waals surface area contributed by atoms with E-state index in [1.165, 1.54) is 22.3 Å². The van der Waals surface area contributed by atoms with Crippen molar-refractivity contribution in [3.05, 3.63) is 181 Å². The monoisotopic (exact) mass is 718 g/mol. The number of hydrogen-bond acceptors (Lipinski definition) is 5. The Bertz CT molecular complexity index is 3160. The van der Waals surface area contributed by atoms with Crippen molar-refractivity contribution < 1.29 is 4.42 Å². The van der Waals surface area contributed by atoms with Crippen LogP contribution in [0, 0.1) is 0 Å². The molecule has 0 spiro atoms. The number of fused-ring (bicyclic) bond motifs is 8. The van der Waals surface area contributed by atoms with E-state index in [9.17, 15) is 0 Å². The van der Waals surface area contributed by atoms with Crippen molar-refractivity contribution in [1.82, 2.24) is 19.9 Å². The summed E-state index contributed by atoms with van der Waals surface area (Å²) in [6, 6.07) is 59.0. The zero-order valence-electron chi connectivity index (χ0n) is 30.9. The van der Waals surface area contributed by atoms with Crippen molar-refractivity contribution in [2.45, 2.75) is 19.3 Å². The van der Waals surface area contributed by atoms with E-state index >= 15 is 0 Å². The third-order valence-corrected chi connectivity index (χ3v) is 11.3. The number of hydrogen-bond donors (Lipinski definition) is 0. The fraction of sp³-hybridized carbons (Fsp3) is 0.0588. The molecule has 0 bridgehead atoms. The topological polar surface area (TPSA) is 64.7 Å². The molecule has 56 heavy (non-hydrogen) atoms. The first-order valence-corrected chi connectivity index (χ1v) is 19.0. The Morgan fingerprint density at radius 3 is 1.77 bits per heavy atom. The zero-order chi connectivity index (χ0) is 37.4. The molecule has 11 rings (SSSR count). The Morgan fingerprint density at radius 1 is 0.393 bits per heavy atom. The quantitative estimate of drug-likeness (QED) is 0.177. The minimum Gasteiger partial charge on any atom is -0.454 e. The van der Waals surface area contributed by atoms with Gasteiger partial charge >= 0.3 is 0 Å². The van der Waals surface area contributed by atoms with Crippen molar-refractivity contribution in [3.63, 3.8) is 0 Å². The summed E-state index contributed by atoms with van der Waals surface area (Å²) < 4.78 is 6.33. The van der Waals surface area contributed by atoms with Crippen LogP contribution in [-0.4, -0.2) is 19.9 Å². The number of para-hydroxylation sites is 1. The highest BCUT2D eigenvalue weighted by Gasteiger charge is 2.35. The van der Waals surface area contributed by atoms with Crippen LogP contribution in [0.15, 0.2) is 174 Å². The number of furan rings is 1. The van der Waals surface area contributed by atoms with Crippen molar-refractivity contribution in [2.24, 2.45) is 0 Å². The normalized spacial score (nSPS) is 13.0. The summed E-state index contributed by atoms with van der Waals surface area (Å²) >= 11 is 0. The van der Waals surface area contributed by atoms with Crippen molar-refractivity contribution in [2.75, 3.05) is 0 Å². The molecule has 0 saturated heterocycles. The Kier molecular flexibility index (Phi) is 7.13. The number of rotatable bonds is 5. The van der Waals surface area contributed by atoms with Gasteiger partial charge in [-0.05, 0) is 57.6 Å². The number of aromatic nitrogens is 4. The van der Waals surface area contributed by atoms with E-state index in [-0.39, 0.29) is 5.41 Å². The molecule has 1 aliphatic carbocycles. The molecule has 1 aliphatic rings. The molecule has 3 heterocycles. The van der Waals surface area contributed by atoms with Crippen LogP contribution in [0.25, 0.3) is 101 Å². The second kappa shape index (κ2) is 12.4. The summed E-state index contributed by atoms with van der Waals surface area (Å²) in [5.41, 5.74) is 14.5. The molecule has 3 aromatic heterocycles. The molecule has 5 heteroatoms. The molecule has 0 aliphatic heterocycles. The average molecular weight is 719 g/mol. The SMILES string of the molecule is CC1(C)c2ccccc2-c2ccc(-c3nc(-c4ccc(-c5nc6c7ccccc7oc6c6ccccc56)cc4)nc(-c4cccc(-c5ccccc5)c4)n3)cc21. The second-order valence-corrected chi connectivity index (χ2v) is 15.0. The average Bonchev–Trinajstić information content (AvgIpc) is 3.75. The molecular weight excluding hydrogens is 685 g/mol. The molecule has 0 N–H and O–H groups in total. The van der Waals surface area contributed by atoms with Gasteiger partial charge in [-0.2, -0.15) is 0 Å². The second-order valence-electron chi connectivity index (χ2n) is 15.0. The third-order valence-electron chi connectivity index (χ3n) is 11.3. The molecule has 0 atom stereocenters. The highest BCUT2D eigenvalue weighted by atomic mass is 16.3. The Hall–Kier alpha value is -7.24. The van der Waals surface area contributed by atoms with Gasteiger partial charge in [-0.3, -0.25) is 0 Å². The maximum atomic E-state index is 6.33. The first kappa shape index (κ1) is 32.2. The lowest BCUT2D eigenvalue weighted by molar-refractivity contribution is 0.660. The molecule has 0 radical (unpaired) electrons. The van der Waals surface area contributed by atoms with Gasteiger partial charge in [-0.25, -0.2) is 19.9 Å². The molecule has 0 unspecified atom stereocenters. The van der Waals surface area contributed by atoms with Crippen molar-refractivity contribution >= 4 is 32.8 Å². The molecule has 7 aromatic carbocycles. The predicted molar refractivity (Wildman–Crippen MR) is 227 cm³/mol. The maximum Gasteiger partial charge on any atom is 0.164 e. The van der Waals surface area contributed by atoms with Gasteiger partial charge in [0.1, 0.15) is 11.1 Å². The van der Waals surface area contributed by atoms with Gasteiger partial charge in [0.2, 0.25) is 0 Å². The van der Waals surface area contributed by atoms with Gasteiger partial charge in [0, 0.05) is 43.8 Å². The van der Waals surface area contributed by atoms with Crippen LogP contribution >= 0.6 is 0 Å². The largest absolute Gasteiger partial charge is 0.454 e. The molecule has 5 nitrogen and oxygen atoms in total. The van der Waals surface area contributed by atoms with Gasteiger partial charge in [0.25, 0.3) is 0 Å². The van der Waals surface area contributed by atoms with E-state index in [2.05, 4.69) is 153 Å². The molecule has 0 saturated carbocycles. The summed E-state index contributed by atoms with van der Waals surface area (Å²) in [6.07, 6.45) is 0. The molecule has 0 amide bonds. The smallest absolute Gasteiger partial charge is 0.164 e. The van der Waals surface area contributed by atoms with Crippen LogP contribution in [0.1, 0.15) is 25.0 Å². The van der Waals surface area contributed by atoms with Crippen LogP contribution in [-0.2, 0) is 5.41 Å². The number of nitrogens with zero attached hydrogens (tertiary/aromatic N) is 4. The molecule has 0 fully saturated rings. The molecule has 10 aromatic rings. The third kappa shape index (κ3) is 5.09. The van der Waals surface area contributed by atoms with E-state index < -0.39 is 0 Å². The Balaban J connectivity index is 1.05. The lowest BCUT2D eigenvalue weighted by Crippen LogP contribution is -2.15. The molecule has 264 valence electrons. The van der Waals surface area contributed by atoms with E-state index in [1.54, 1.807) is 0 Å². The summed E-state index contributed by atoms with van der Waals surface area (Å²) in [7, 11) is 0. The van der Waals surface area contributed by atoms with E-state index in [0.29, 0.717) is 17.5 Å². The van der Waals surface area contributed by atoms with Crippen molar-refractivity contribution in [3.8, 4) is 67.7 Å². The first-order chi connectivity index (χ1) is 27.5. The standard InChI is InChI=1S/C51H34N4O/c1-51(2)42-21-10-8-17-37(42)38-28-27-36(30-43(38)51)50-54-48(53-49(55-50)35-16-12-15-34(29-35)31-13-4-3-5-14-31)33-25-23-32(24-26-33)45-39-18-6-7-19-40(39)47-46(52-45)41-20-9-11-22-44(41)56-47/h3-30H,1-2H3. The van der Waals surface area contributed by atoms with E-state index in [1.807, 2.05) is 30.3 Å². The summed E-state index contributed by atoms with van der Waals surface area (Å²) in [4.78, 5) is 20.7. The van der Waals surface area contributed by atoms with Gasteiger partial charge in [-0.1, -0.05) is 159 Å². The minimum atomic E-state index is -0.148. The van der Waals surface area contributed by atoms with Crippen LogP contribution in [0.2, 0.25) is 0 Å². The summed E-state index contributed by atoms with van der Waals surface area (Å²) in [5.74, 6) is 1.87. The van der Waals surface area contributed by atoms with Gasteiger partial charge in [-0.15, -0.1) is 0 Å². The van der Waals surface area contributed by atoms with Crippen LogP contribution in [0.3, 0.4) is 0 Å².